The first kappa shape index (κ1) is 21.8. The number of methoxy groups -OCH3 is 1. The SMILES string of the molecule is COc1cccc(-c2ccc(CN3CC4CCC(C3)N4c3ccc(C(F)(F)F)cc3)cc2)c1. The van der Waals surface area contributed by atoms with E-state index >= 15 is 0 Å². The van der Waals surface area contributed by atoms with E-state index < -0.39 is 11.7 Å². The summed E-state index contributed by atoms with van der Waals surface area (Å²) in [6.45, 7) is 2.73. The van der Waals surface area contributed by atoms with Crippen LogP contribution < -0.4 is 9.64 Å². The Morgan fingerprint density at radius 1 is 0.848 bits per heavy atom. The maximum Gasteiger partial charge on any atom is 0.416 e. The van der Waals surface area contributed by atoms with Crippen LogP contribution in [-0.4, -0.2) is 37.2 Å². The fraction of sp³-hybridized carbons (Fsp3) is 0.333. The lowest BCUT2D eigenvalue weighted by atomic mass is 10.0. The molecule has 2 aliphatic rings. The van der Waals surface area contributed by atoms with Crippen molar-refractivity contribution in [1.29, 1.82) is 0 Å². The highest BCUT2D eigenvalue weighted by Gasteiger charge is 2.40. The molecular weight excluding hydrogens is 425 g/mol. The van der Waals surface area contributed by atoms with Crippen LogP contribution in [0.1, 0.15) is 24.0 Å². The Balaban J connectivity index is 1.24. The lowest BCUT2D eigenvalue weighted by Crippen LogP contribution is -2.53. The van der Waals surface area contributed by atoms with Crippen LogP contribution in [0.5, 0.6) is 5.75 Å². The monoisotopic (exact) mass is 452 g/mol. The van der Waals surface area contributed by atoms with Crippen molar-refractivity contribution in [3.8, 4) is 16.9 Å². The number of fused-ring (bicyclic) bond motifs is 2. The summed E-state index contributed by atoms with van der Waals surface area (Å²) in [6, 6.07) is 23.0. The van der Waals surface area contributed by atoms with Gasteiger partial charge in [-0.2, -0.15) is 13.2 Å². The van der Waals surface area contributed by atoms with E-state index in [0.29, 0.717) is 12.1 Å². The van der Waals surface area contributed by atoms with Crippen molar-refractivity contribution in [1.82, 2.24) is 4.90 Å². The lowest BCUT2D eigenvalue weighted by molar-refractivity contribution is -0.137. The van der Waals surface area contributed by atoms with E-state index in [4.69, 9.17) is 4.74 Å². The van der Waals surface area contributed by atoms with Gasteiger partial charge >= 0.3 is 6.18 Å². The predicted molar refractivity (Wildman–Crippen MR) is 124 cm³/mol. The summed E-state index contributed by atoms with van der Waals surface area (Å²) in [6.07, 6.45) is -2.13. The molecule has 0 amide bonds. The van der Waals surface area contributed by atoms with Crippen LogP contribution in [0, 0.1) is 0 Å². The molecule has 3 aromatic carbocycles. The minimum atomic E-state index is -4.29. The molecular formula is C27H27F3N2O. The zero-order valence-corrected chi connectivity index (χ0v) is 18.6. The van der Waals surface area contributed by atoms with Gasteiger partial charge in [-0.1, -0.05) is 36.4 Å². The molecule has 2 heterocycles. The summed E-state index contributed by atoms with van der Waals surface area (Å²) in [7, 11) is 1.67. The van der Waals surface area contributed by atoms with Gasteiger partial charge in [0.2, 0.25) is 0 Å². The fourth-order valence-corrected chi connectivity index (χ4v) is 5.23. The highest BCUT2D eigenvalue weighted by atomic mass is 19.4. The smallest absolute Gasteiger partial charge is 0.416 e. The maximum absolute atomic E-state index is 12.9. The first-order valence-corrected chi connectivity index (χ1v) is 11.3. The summed E-state index contributed by atoms with van der Waals surface area (Å²) in [4.78, 5) is 4.81. The van der Waals surface area contributed by atoms with Gasteiger partial charge in [-0.15, -0.1) is 0 Å². The number of alkyl halides is 3. The van der Waals surface area contributed by atoms with E-state index in [1.54, 1.807) is 19.2 Å². The molecule has 2 aliphatic heterocycles. The summed E-state index contributed by atoms with van der Waals surface area (Å²) in [5, 5.41) is 0. The van der Waals surface area contributed by atoms with Crippen molar-refractivity contribution >= 4 is 5.69 Å². The largest absolute Gasteiger partial charge is 0.497 e. The number of likely N-dealkylation sites (tertiary alicyclic amines) is 1. The standard InChI is InChI=1S/C27H27F3N2O/c1-33-26-4-2-3-21(15-26)20-7-5-19(6-8-20)16-31-17-24-13-14-25(18-31)32(24)23-11-9-22(10-12-23)27(28,29)30/h2-12,15,24-25H,13-14,16-18H2,1H3. The summed E-state index contributed by atoms with van der Waals surface area (Å²) < 4.78 is 44.1. The number of ether oxygens (including phenoxy) is 1. The summed E-state index contributed by atoms with van der Waals surface area (Å²) in [5.74, 6) is 0.845. The lowest BCUT2D eigenvalue weighted by Gasteiger charge is -2.42. The Kier molecular flexibility index (Phi) is 5.79. The Bertz CT molecular complexity index is 1080. The molecule has 0 aliphatic carbocycles. The van der Waals surface area contributed by atoms with Gasteiger partial charge in [0.15, 0.2) is 0 Å². The highest BCUT2D eigenvalue weighted by Crippen LogP contribution is 2.37. The normalized spacial score (nSPS) is 20.8. The van der Waals surface area contributed by atoms with Crippen LogP contribution in [0.4, 0.5) is 18.9 Å². The van der Waals surface area contributed by atoms with Crippen LogP contribution in [-0.2, 0) is 12.7 Å². The quantitative estimate of drug-likeness (QED) is 0.456. The molecule has 6 heteroatoms. The van der Waals surface area contributed by atoms with Crippen molar-refractivity contribution in [3.63, 3.8) is 0 Å². The summed E-state index contributed by atoms with van der Waals surface area (Å²) >= 11 is 0. The molecule has 172 valence electrons. The number of rotatable bonds is 5. The molecule has 5 rings (SSSR count). The van der Waals surface area contributed by atoms with Crippen molar-refractivity contribution in [3.05, 3.63) is 83.9 Å². The molecule has 33 heavy (non-hydrogen) atoms. The van der Waals surface area contributed by atoms with Gasteiger partial charge in [0.1, 0.15) is 5.75 Å². The number of hydrogen-bond donors (Lipinski definition) is 0. The first-order valence-electron chi connectivity index (χ1n) is 11.3. The van der Waals surface area contributed by atoms with E-state index in [0.717, 1.165) is 55.0 Å². The summed E-state index contributed by atoms with van der Waals surface area (Å²) in [5.41, 5.74) is 3.87. The van der Waals surface area contributed by atoms with Gasteiger partial charge in [-0.3, -0.25) is 4.90 Å². The Labute approximate surface area is 192 Å². The minimum Gasteiger partial charge on any atom is -0.497 e. The second-order valence-corrected chi connectivity index (χ2v) is 8.96. The first-order chi connectivity index (χ1) is 15.9. The van der Waals surface area contributed by atoms with Crippen LogP contribution in [0.25, 0.3) is 11.1 Å². The number of hydrogen-bond acceptors (Lipinski definition) is 3. The molecule has 2 saturated heterocycles. The Hall–Kier alpha value is -2.99. The van der Waals surface area contributed by atoms with Gasteiger partial charge in [-0.25, -0.2) is 0 Å². The number of anilines is 1. The average Bonchev–Trinajstić information content (AvgIpc) is 3.09. The molecule has 0 saturated carbocycles. The van der Waals surface area contributed by atoms with Crippen molar-refractivity contribution in [2.24, 2.45) is 0 Å². The number of nitrogens with zero attached hydrogens (tertiary/aromatic N) is 2. The van der Waals surface area contributed by atoms with Gasteiger partial charge in [0, 0.05) is 37.4 Å². The van der Waals surface area contributed by atoms with Gasteiger partial charge in [-0.05, 0) is 65.9 Å². The van der Waals surface area contributed by atoms with E-state index in [-0.39, 0.29) is 0 Å². The third-order valence-corrected chi connectivity index (χ3v) is 6.81. The third kappa shape index (κ3) is 4.58. The molecule has 2 unspecified atom stereocenters. The van der Waals surface area contributed by atoms with Crippen LogP contribution in [0.3, 0.4) is 0 Å². The maximum atomic E-state index is 12.9. The van der Waals surface area contributed by atoms with Gasteiger partial charge in [0.05, 0.1) is 12.7 Å². The van der Waals surface area contributed by atoms with Crippen LogP contribution in [0.2, 0.25) is 0 Å². The second kappa shape index (κ2) is 8.75. The number of benzene rings is 3. The molecule has 2 atom stereocenters. The van der Waals surface area contributed by atoms with E-state index in [1.165, 1.54) is 17.7 Å². The van der Waals surface area contributed by atoms with Crippen molar-refractivity contribution in [2.75, 3.05) is 25.1 Å². The predicted octanol–water partition coefficient (Wildman–Crippen LogP) is 6.23. The zero-order valence-electron chi connectivity index (χ0n) is 18.6. The topological polar surface area (TPSA) is 15.7 Å². The van der Waals surface area contributed by atoms with Crippen LogP contribution in [0.15, 0.2) is 72.8 Å². The second-order valence-electron chi connectivity index (χ2n) is 8.96. The van der Waals surface area contributed by atoms with E-state index in [1.807, 2.05) is 18.2 Å². The molecule has 2 fully saturated rings. The van der Waals surface area contributed by atoms with Crippen molar-refractivity contribution in [2.45, 2.75) is 37.6 Å². The average molecular weight is 453 g/mol. The van der Waals surface area contributed by atoms with Crippen LogP contribution >= 0.6 is 0 Å². The molecule has 2 bridgehead atoms. The third-order valence-electron chi connectivity index (χ3n) is 6.81. The van der Waals surface area contributed by atoms with E-state index in [2.05, 4.69) is 40.1 Å². The van der Waals surface area contributed by atoms with E-state index in [9.17, 15) is 13.2 Å². The molecule has 3 nitrogen and oxygen atoms in total. The number of piperazine rings is 1. The molecule has 0 spiro atoms. The minimum absolute atomic E-state index is 0.344. The molecule has 0 radical (unpaired) electrons. The molecule has 0 aromatic heterocycles. The highest BCUT2D eigenvalue weighted by molar-refractivity contribution is 5.65. The van der Waals surface area contributed by atoms with Gasteiger partial charge in [0.25, 0.3) is 0 Å². The zero-order chi connectivity index (χ0) is 23.0. The Morgan fingerprint density at radius 2 is 1.52 bits per heavy atom. The molecule has 3 aromatic rings. The van der Waals surface area contributed by atoms with Gasteiger partial charge < -0.3 is 9.64 Å². The van der Waals surface area contributed by atoms with Crippen molar-refractivity contribution < 1.29 is 17.9 Å². The number of halogens is 3. The fourth-order valence-electron chi connectivity index (χ4n) is 5.23. The molecule has 0 N–H and O–H groups in total. The Morgan fingerprint density at radius 3 is 2.12 bits per heavy atom.